The summed E-state index contributed by atoms with van der Waals surface area (Å²) < 4.78 is 24.3. The van der Waals surface area contributed by atoms with Gasteiger partial charge in [0.1, 0.15) is 22.8 Å². The van der Waals surface area contributed by atoms with Gasteiger partial charge in [-0.25, -0.2) is 0 Å². The standard InChI is InChI=1S/C25H32N2O6/c1-6-32-23-10-8-7-9-17(23)15-27-22(18-11-20(30-4)14-21(12-18)31-5)13-19(26-27)16-33-25(2,3)24(28)29/h7-14,24,28-29H,6,15-16H2,1-5H3. The minimum absolute atomic E-state index is 0.110. The quantitative estimate of drug-likeness (QED) is 0.426. The van der Waals surface area contributed by atoms with Crippen LogP contribution in [0.15, 0.2) is 48.5 Å². The number of nitrogens with zero attached hydrogens (tertiary/aromatic N) is 2. The maximum atomic E-state index is 9.55. The van der Waals surface area contributed by atoms with Gasteiger partial charge in [0.05, 0.1) is 45.4 Å². The molecule has 0 unspecified atom stereocenters. The number of hydrogen-bond acceptors (Lipinski definition) is 7. The maximum absolute atomic E-state index is 9.55. The summed E-state index contributed by atoms with van der Waals surface area (Å²) in [4.78, 5) is 0. The zero-order valence-electron chi connectivity index (χ0n) is 19.7. The molecule has 0 radical (unpaired) electrons. The topological polar surface area (TPSA) is 95.2 Å². The van der Waals surface area contributed by atoms with Gasteiger partial charge < -0.3 is 29.2 Å². The third-order valence-corrected chi connectivity index (χ3v) is 5.28. The summed E-state index contributed by atoms with van der Waals surface area (Å²) in [6.45, 7) is 6.32. The van der Waals surface area contributed by atoms with Crippen molar-refractivity contribution >= 4 is 0 Å². The van der Waals surface area contributed by atoms with Crippen LogP contribution in [0.2, 0.25) is 0 Å². The first-order valence-corrected chi connectivity index (χ1v) is 10.8. The van der Waals surface area contributed by atoms with Gasteiger partial charge in [0.15, 0.2) is 6.29 Å². The SMILES string of the molecule is CCOc1ccccc1Cn1nc(COC(C)(C)C(O)O)cc1-c1cc(OC)cc(OC)c1. The molecule has 0 bridgehead atoms. The van der Waals surface area contributed by atoms with E-state index in [-0.39, 0.29) is 6.61 Å². The van der Waals surface area contributed by atoms with E-state index in [0.717, 1.165) is 22.6 Å². The monoisotopic (exact) mass is 456 g/mol. The number of aliphatic hydroxyl groups is 2. The highest BCUT2D eigenvalue weighted by Crippen LogP contribution is 2.32. The molecule has 0 atom stereocenters. The molecule has 33 heavy (non-hydrogen) atoms. The van der Waals surface area contributed by atoms with E-state index in [9.17, 15) is 10.2 Å². The van der Waals surface area contributed by atoms with Gasteiger partial charge >= 0.3 is 0 Å². The fraction of sp³-hybridized carbons (Fsp3) is 0.400. The van der Waals surface area contributed by atoms with Crippen LogP contribution in [0.5, 0.6) is 17.2 Å². The Bertz CT molecular complexity index is 1040. The second kappa shape index (κ2) is 10.7. The molecular weight excluding hydrogens is 424 g/mol. The van der Waals surface area contributed by atoms with Crippen LogP contribution in [0, 0.1) is 0 Å². The third kappa shape index (κ3) is 6.04. The number of aliphatic hydroxyl groups excluding tert-OH is 1. The normalized spacial score (nSPS) is 11.6. The van der Waals surface area contributed by atoms with Crippen LogP contribution in [0.4, 0.5) is 0 Å². The second-order valence-corrected chi connectivity index (χ2v) is 8.09. The van der Waals surface area contributed by atoms with Gasteiger partial charge in [-0.3, -0.25) is 4.68 Å². The van der Waals surface area contributed by atoms with Gasteiger partial charge in [0.2, 0.25) is 0 Å². The Morgan fingerprint density at radius 1 is 1.00 bits per heavy atom. The summed E-state index contributed by atoms with van der Waals surface area (Å²) >= 11 is 0. The van der Waals surface area contributed by atoms with Crippen molar-refractivity contribution in [3.63, 3.8) is 0 Å². The van der Waals surface area contributed by atoms with Crippen molar-refractivity contribution in [3.05, 3.63) is 59.8 Å². The van der Waals surface area contributed by atoms with E-state index in [1.54, 1.807) is 28.1 Å². The minimum Gasteiger partial charge on any atom is -0.497 e. The van der Waals surface area contributed by atoms with E-state index >= 15 is 0 Å². The Morgan fingerprint density at radius 2 is 1.67 bits per heavy atom. The van der Waals surface area contributed by atoms with Gasteiger partial charge in [0.25, 0.3) is 0 Å². The number of rotatable bonds is 11. The molecule has 3 rings (SSSR count). The Balaban J connectivity index is 2.03. The molecule has 0 spiro atoms. The first-order chi connectivity index (χ1) is 15.8. The number of hydrogen-bond donors (Lipinski definition) is 2. The van der Waals surface area contributed by atoms with Crippen LogP contribution in [-0.4, -0.2) is 52.7 Å². The molecular formula is C25H32N2O6. The van der Waals surface area contributed by atoms with E-state index < -0.39 is 11.9 Å². The van der Waals surface area contributed by atoms with Crippen LogP contribution >= 0.6 is 0 Å². The summed E-state index contributed by atoms with van der Waals surface area (Å²) in [5.74, 6) is 2.12. The van der Waals surface area contributed by atoms with Crippen LogP contribution < -0.4 is 14.2 Å². The number of para-hydroxylation sites is 1. The lowest BCUT2D eigenvalue weighted by Crippen LogP contribution is -2.38. The zero-order chi connectivity index (χ0) is 24.0. The molecule has 0 fully saturated rings. The summed E-state index contributed by atoms with van der Waals surface area (Å²) in [6.07, 6.45) is -1.61. The largest absolute Gasteiger partial charge is 0.497 e. The molecule has 0 saturated carbocycles. The second-order valence-electron chi connectivity index (χ2n) is 8.09. The zero-order valence-corrected chi connectivity index (χ0v) is 19.7. The van der Waals surface area contributed by atoms with Crippen LogP contribution in [0.1, 0.15) is 32.0 Å². The highest BCUT2D eigenvalue weighted by Gasteiger charge is 2.27. The van der Waals surface area contributed by atoms with E-state index in [4.69, 9.17) is 24.0 Å². The van der Waals surface area contributed by atoms with Crippen LogP contribution in [0.25, 0.3) is 11.3 Å². The van der Waals surface area contributed by atoms with Crippen molar-refractivity contribution in [2.45, 2.75) is 45.8 Å². The Kier molecular flexibility index (Phi) is 7.97. The fourth-order valence-corrected chi connectivity index (χ4v) is 3.28. The van der Waals surface area contributed by atoms with Gasteiger partial charge in [-0.15, -0.1) is 0 Å². The Hall–Kier alpha value is -3.07. The maximum Gasteiger partial charge on any atom is 0.180 e. The molecule has 0 saturated heterocycles. The van der Waals surface area contributed by atoms with Gasteiger partial charge in [-0.2, -0.15) is 5.10 Å². The number of methoxy groups -OCH3 is 2. The average molecular weight is 457 g/mol. The number of ether oxygens (including phenoxy) is 4. The molecule has 0 aliphatic heterocycles. The van der Waals surface area contributed by atoms with E-state index in [1.807, 2.05) is 60.1 Å². The van der Waals surface area contributed by atoms with Crippen LogP contribution in [0.3, 0.4) is 0 Å². The predicted molar refractivity (Wildman–Crippen MR) is 125 cm³/mol. The fourth-order valence-electron chi connectivity index (χ4n) is 3.28. The summed E-state index contributed by atoms with van der Waals surface area (Å²) in [5.41, 5.74) is 2.19. The number of benzene rings is 2. The summed E-state index contributed by atoms with van der Waals surface area (Å²) in [5, 5.41) is 23.8. The molecule has 0 aliphatic carbocycles. The van der Waals surface area contributed by atoms with Gasteiger partial charge in [-0.1, -0.05) is 18.2 Å². The van der Waals surface area contributed by atoms with Crippen molar-refractivity contribution < 1.29 is 29.2 Å². The Labute approximate surface area is 194 Å². The molecule has 3 aromatic rings. The van der Waals surface area contributed by atoms with E-state index in [2.05, 4.69) is 0 Å². The van der Waals surface area contributed by atoms with Crippen molar-refractivity contribution in [2.75, 3.05) is 20.8 Å². The molecule has 178 valence electrons. The predicted octanol–water partition coefficient (Wildman–Crippen LogP) is 3.62. The van der Waals surface area contributed by atoms with Crippen LogP contribution in [-0.2, 0) is 17.9 Å². The Morgan fingerprint density at radius 3 is 2.27 bits per heavy atom. The van der Waals surface area contributed by atoms with Crippen molar-refractivity contribution in [2.24, 2.45) is 0 Å². The minimum atomic E-state index is -1.61. The summed E-state index contributed by atoms with van der Waals surface area (Å²) in [6, 6.07) is 15.4. The van der Waals surface area contributed by atoms with Crippen molar-refractivity contribution in [1.29, 1.82) is 0 Å². The van der Waals surface area contributed by atoms with E-state index in [0.29, 0.717) is 30.3 Å². The third-order valence-electron chi connectivity index (χ3n) is 5.28. The molecule has 1 aromatic heterocycles. The molecule has 2 N–H and O–H groups in total. The first kappa shape index (κ1) is 24.6. The molecule has 1 heterocycles. The highest BCUT2D eigenvalue weighted by molar-refractivity contribution is 5.65. The molecule has 0 aliphatic rings. The first-order valence-electron chi connectivity index (χ1n) is 10.8. The smallest absolute Gasteiger partial charge is 0.180 e. The molecule has 2 aromatic carbocycles. The van der Waals surface area contributed by atoms with E-state index in [1.165, 1.54) is 0 Å². The van der Waals surface area contributed by atoms with Crippen molar-refractivity contribution in [3.8, 4) is 28.5 Å². The lowest BCUT2D eigenvalue weighted by molar-refractivity contribution is -0.197. The average Bonchev–Trinajstić information content (AvgIpc) is 3.21. The van der Waals surface area contributed by atoms with Gasteiger partial charge in [-0.05, 0) is 45.0 Å². The highest BCUT2D eigenvalue weighted by atomic mass is 16.6. The lowest BCUT2D eigenvalue weighted by Gasteiger charge is -2.26. The molecule has 8 heteroatoms. The number of aromatic nitrogens is 2. The molecule has 0 amide bonds. The molecule has 8 nitrogen and oxygen atoms in total. The summed E-state index contributed by atoms with van der Waals surface area (Å²) in [7, 11) is 3.21. The lowest BCUT2D eigenvalue weighted by atomic mass is 10.1. The van der Waals surface area contributed by atoms with Gasteiger partial charge in [0, 0.05) is 17.2 Å². The van der Waals surface area contributed by atoms with Crippen molar-refractivity contribution in [1.82, 2.24) is 9.78 Å².